The number of amides is 1. The number of aliphatic hydroxyl groups excluding tert-OH is 1. The van der Waals surface area contributed by atoms with Crippen LogP contribution in [-0.2, 0) is 4.79 Å². The molecule has 0 bridgehead atoms. The monoisotopic (exact) mass is 339 g/mol. The van der Waals surface area contributed by atoms with Crippen LogP contribution in [0.3, 0.4) is 0 Å². The number of hydrogen-bond donors (Lipinski definition) is 1. The maximum absolute atomic E-state index is 12.5. The lowest BCUT2D eigenvalue weighted by molar-refractivity contribution is -0.384. The number of nitrogens with zero attached hydrogens (tertiary/aromatic N) is 3. The molecule has 3 rings (SSSR count). The van der Waals surface area contributed by atoms with Crippen LogP contribution < -0.4 is 4.90 Å². The molecule has 0 spiro atoms. The minimum Gasteiger partial charge on any atom is -0.396 e. The minimum atomic E-state index is -0.465. The Labute approximate surface area is 144 Å². The smallest absolute Gasteiger partial charge is 0.270 e. The molecule has 1 amide bonds. The van der Waals surface area contributed by atoms with E-state index in [2.05, 4.69) is 4.99 Å². The largest absolute Gasteiger partial charge is 0.396 e. The number of carbonyl (C=O) groups is 1. The van der Waals surface area contributed by atoms with Gasteiger partial charge in [0.2, 0.25) is 5.91 Å². The fourth-order valence-corrected chi connectivity index (χ4v) is 2.83. The number of anilines is 1. The Morgan fingerprint density at radius 3 is 2.64 bits per heavy atom. The summed E-state index contributed by atoms with van der Waals surface area (Å²) in [6.45, 7) is 0.244. The summed E-state index contributed by atoms with van der Waals surface area (Å²) in [5, 5.41) is 20.3. The normalized spacial score (nSPS) is 13.9. The number of hydrogen-bond acceptors (Lipinski definition) is 5. The summed E-state index contributed by atoms with van der Waals surface area (Å²) in [7, 11) is 0. The third kappa shape index (κ3) is 3.41. The Hall–Kier alpha value is -3.06. The van der Waals surface area contributed by atoms with Crippen molar-refractivity contribution in [1.82, 2.24) is 0 Å². The zero-order chi connectivity index (χ0) is 17.8. The van der Waals surface area contributed by atoms with E-state index in [0.717, 1.165) is 5.56 Å². The van der Waals surface area contributed by atoms with E-state index in [9.17, 15) is 14.9 Å². The SMILES string of the molecule is O=C1CN=C(c2ccccc2)c2cc([N+](=O)[O-])ccc2N1CCCO. The van der Waals surface area contributed by atoms with E-state index in [1.54, 1.807) is 6.07 Å². The predicted molar refractivity (Wildman–Crippen MR) is 94.1 cm³/mol. The van der Waals surface area contributed by atoms with Gasteiger partial charge in [-0.15, -0.1) is 0 Å². The van der Waals surface area contributed by atoms with Crippen LogP contribution in [0.15, 0.2) is 53.5 Å². The molecule has 2 aromatic rings. The number of nitro groups is 1. The van der Waals surface area contributed by atoms with E-state index >= 15 is 0 Å². The summed E-state index contributed by atoms with van der Waals surface area (Å²) < 4.78 is 0. The van der Waals surface area contributed by atoms with E-state index in [1.165, 1.54) is 17.0 Å². The van der Waals surface area contributed by atoms with Gasteiger partial charge in [-0.3, -0.25) is 19.9 Å². The highest BCUT2D eigenvalue weighted by atomic mass is 16.6. The van der Waals surface area contributed by atoms with Crippen LogP contribution in [0, 0.1) is 10.1 Å². The van der Waals surface area contributed by atoms with Gasteiger partial charge in [0.25, 0.3) is 5.69 Å². The van der Waals surface area contributed by atoms with Gasteiger partial charge in [-0.25, -0.2) is 0 Å². The number of fused-ring (bicyclic) bond motifs is 1. The zero-order valence-corrected chi connectivity index (χ0v) is 13.5. The molecule has 1 N–H and O–H groups in total. The van der Waals surface area contributed by atoms with Crippen molar-refractivity contribution in [3.63, 3.8) is 0 Å². The van der Waals surface area contributed by atoms with Crippen molar-refractivity contribution in [2.45, 2.75) is 6.42 Å². The minimum absolute atomic E-state index is 0.0432. The Morgan fingerprint density at radius 1 is 1.20 bits per heavy atom. The summed E-state index contributed by atoms with van der Waals surface area (Å²) in [5.74, 6) is -0.200. The number of nitro benzene ring substituents is 1. The molecule has 0 atom stereocenters. The second-order valence-corrected chi connectivity index (χ2v) is 5.61. The van der Waals surface area contributed by atoms with E-state index in [-0.39, 0.29) is 24.7 Å². The summed E-state index contributed by atoms with van der Waals surface area (Å²) in [4.78, 5) is 29.2. The highest BCUT2D eigenvalue weighted by Gasteiger charge is 2.26. The molecule has 0 saturated heterocycles. The topological polar surface area (TPSA) is 96.0 Å². The third-order valence-corrected chi connectivity index (χ3v) is 4.00. The molecule has 2 aromatic carbocycles. The molecule has 0 radical (unpaired) electrons. The van der Waals surface area contributed by atoms with Gasteiger partial charge in [0.15, 0.2) is 0 Å². The maximum Gasteiger partial charge on any atom is 0.270 e. The van der Waals surface area contributed by atoms with Gasteiger partial charge >= 0.3 is 0 Å². The van der Waals surface area contributed by atoms with Crippen molar-refractivity contribution in [1.29, 1.82) is 0 Å². The molecule has 1 aliphatic rings. The quantitative estimate of drug-likeness (QED) is 0.667. The van der Waals surface area contributed by atoms with E-state index in [1.807, 2.05) is 30.3 Å². The predicted octanol–water partition coefficient (Wildman–Crippen LogP) is 2.16. The number of aliphatic imine (C=N–C) groups is 1. The van der Waals surface area contributed by atoms with Crippen LogP contribution in [0.1, 0.15) is 17.5 Å². The van der Waals surface area contributed by atoms with Crippen LogP contribution in [0.5, 0.6) is 0 Å². The van der Waals surface area contributed by atoms with Crippen molar-refractivity contribution in [3.8, 4) is 0 Å². The maximum atomic E-state index is 12.5. The van der Waals surface area contributed by atoms with Crippen LogP contribution in [0.4, 0.5) is 11.4 Å². The van der Waals surface area contributed by atoms with Crippen molar-refractivity contribution in [2.24, 2.45) is 4.99 Å². The first-order valence-corrected chi connectivity index (χ1v) is 7.91. The van der Waals surface area contributed by atoms with E-state index < -0.39 is 4.92 Å². The second-order valence-electron chi connectivity index (χ2n) is 5.61. The van der Waals surface area contributed by atoms with Crippen LogP contribution in [-0.4, -0.2) is 41.3 Å². The van der Waals surface area contributed by atoms with Crippen molar-refractivity contribution in [2.75, 3.05) is 24.6 Å². The summed E-state index contributed by atoms with van der Waals surface area (Å²) >= 11 is 0. The average molecular weight is 339 g/mol. The van der Waals surface area contributed by atoms with Gasteiger partial charge in [-0.1, -0.05) is 30.3 Å². The molecule has 1 heterocycles. The lowest BCUT2D eigenvalue weighted by atomic mass is 9.99. The Morgan fingerprint density at radius 2 is 1.96 bits per heavy atom. The molecular weight excluding hydrogens is 322 g/mol. The van der Waals surface area contributed by atoms with Crippen LogP contribution in [0.2, 0.25) is 0 Å². The fraction of sp³-hybridized carbons (Fsp3) is 0.222. The van der Waals surface area contributed by atoms with Crippen LogP contribution >= 0.6 is 0 Å². The fourth-order valence-electron chi connectivity index (χ4n) is 2.83. The Kier molecular flexibility index (Phi) is 4.85. The van der Waals surface area contributed by atoms with Gasteiger partial charge in [0.1, 0.15) is 6.54 Å². The molecule has 0 aromatic heterocycles. The van der Waals surface area contributed by atoms with E-state index in [4.69, 9.17) is 5.11 Å². The molecule has 128 valence electrons. The first-order chi connectivity index (χ1) is 12.1. The van der Waals surface area contributed by atoms with Gasteiger partial charge in [-0.05, 0) is 12.5 Å². The molecule has 25 heavy (non-hydrogen) atoms. The summed E-state index contributed by atoms with van der Waals surface area (Å²) in [6.07, 6.45) is 0.419. The van der Waals surface area contributed by atoms with Crippen molar-refractivity contribution < 1.29 is 14.8 Å². The second kappa shape index (κ2) is 7.23. The van der Waals surface area contributed by atoms with Crippen LogP contribution in [0.25, 0.3) is 0 Å². The average Bonchev–Trinajstić information content (AvgIpc) is 2.76. The highest BCUT2D eigenvalue weighted by Crippen LogP contribution is 2.30. The van der Waals surface area contributed by atoms with Gasteiger partial charge in [0.05, 0.1) is 16.3 Å². The number of aliphatic hydroxyl groups is 1. The first-order valence-electron chi connectivity index (χ1n) is 7.91. The number of benzene rings is 2. The molecule has 7 heteroatoms. The molecule has 0 saturated carbocycles. The van der Waals surface area contributed by atoms with Gasteiger partial charge in [0, 0.05) is 36.4 Å². The Bertz CT molecular complexity index is 833. The third-order valence-electron chi connectivity index (χ3n) is 4.00. The standard InChI is InChI=1S/C18H17N3O4/c22-10-4-9-20-16-8-7-14(21(24)25)11-15(16)18(19-12-17(20)23)13-5-2-1-3-6-13/h1-3,5-8,11,22H,4,9-10,12H2. The molecule has 0 aliphatic carbocycles. The molecule has 0 fully saturated rings. The van der Waals surface area contributed by atoms with Gasteiger partial charge in [-0.2, -0.15) is 0 Å². The lowest BCUT2D eigenvalue weighted by Crippen LogP contribution is -2.33. The Balaban J connectivity index is 2.17. The zero-order valence-electron chi connectivity index (χ0n) is 13.5. The summed E-state index contributed by atoms with van der Waals surface area (Å²) in [5.41, 5.74) is 2.41. The summed E-state index contributed by atoms with van der Waals surface area (Å²) in [6, 6.07) is 13.7. The highest BCUT2D eigenvalue weighted by molar-refractivity contribution is 6.19. The number of rotatable bonds is 5. The first kappa shape index (κ1) is 16.8. The molecule has 7 nitrogen and oxygen atoms in total. The molecular formula is C18H17N3O4. The number of benzodiazepines with no additional fused rings is 1. The van der Waals surface area contributed by atoms with Crippen molar-refractivity contribution in [3.05, 3.63) is 69.8 Å². The van der Waals surface area contributed by atoms with Crippen molar-refractivity contribution >= 4 is 23.0 Å². The van der Waals surface area contributed by atoms with Gasteiger partial charge < -0.3 is 10.0 Å². The molecule has 1 aliphatic heterocycles. The van der Waals surface area contributed by atoms with E-state index in [0.29, 0.717) is 29.9 Å². The number of carbonyl (C=O) groups excluding carboxylic acids is 1. The molecule has 0 unspecified atom stereocenters. The lowest BCUT2D eigenvalue weighted by Gasteiger charge is -2.22. The number of non-ortho nitro benzene ring substituents is 1.